The molecule has 1 saturated heterocycles. The molecule has 0 aromatic carbocycles. The molecule has 1 heterocycles. The van der Waals surface area contributed by atoms with Crippen molar-refractivity contribution >= 4 is 5.96 Å². The quantitative estimate of drug-likeness (QED) is 0.534. The summed E-state index contributed by atoms with van der Waals surface area (Å²) in [5.41, 5.74) is -0.580. The van der Waals surface area contributed by atoms with E-state index < -0.39 is 5.60 Å². The molecule has 0 amide bonds. The van der Waals surface area contributed by atoms with Crippen molar-refractivity contribution in [2.45, 2.75) is 88.9 Å². The highest BCUT2D eigenvalue weighted by Gasteiger charge is 2.39. The fourth-order valence-electron chi connectivity index (χ4n) is 4.18. The van der Waals surface area contributed by atoms with Crippen LogP contribution in [0.4, 0.5) is 0 Å². The lowest BCUT2D eigenvalue weighted by Crippen LogP contribution is -2.46. The highest BCUT2D eigenvalue weighted by molar-refractivity contribution is 5.80. The number of hydrogen-bond donors (Lipinski definition) is 3. The van der Waals surface area contributed by atoms with Gasteiger partial charge in [0.05, 0.1) is 12.1 Å². The molecule has 0 spiro atoms. The first-order chi connectivity index (χ1) is 11.1. The van der Waals surface area contributed by atoms with E-state index in [1.54, 1.807) is 0 Å². The van der Waals surface area contributed by atoms with Crippen molar-refractivity contribution in [2.24, 2.45) is 4.99 Å². The summed E-state index contributed by atoms with van der Waals surface area (Å²) in [5.74, 6) is 0.876. The number of guanidine groups is 1. The summed E-state index contributed by atoms with van der Waals surface area (Å²) in [7, 11) is 0. The number of rotatable bonds is 5. The van der Waals surface area contributed by atoms with Gasteiger partial charge in [-0.1, -0.05) is 19.3 Å². The molecular weight excluding hydrogens is 288 g/mol. The molecule has 23 heavy (non-hydrogen) atoms. The van der Waals surface area contributed by atoms with Crippen molar-refractivity contribution in [2.75, 3.05) is 19.6 Å². The highest BCUT2D eigenvalue weighted by Crippen LogP contribution is 2.33. The van der Waals surface area contributed by atoms with Crippen molar-refractivity contribution < 1.29 is 5.11 Å². The Morgan fingerprint density at radius 2 is 2.00 bits per heavy atom. The van der Waals surface area contributed by atoms with Gasteiger partial charge in [0.25, 0.3) is 0 Å². The summed E-state index contributed by atoms with van der Waals surface area (Å²) >= 11 is 0. The number of aliphatic hydroxyl groups is 1. The van der Waals surface area contributed by atoms with E-state index in [4.69, 9.17) is 4.99 Å². The minimum atomic E-state index is -0.580. The van der Waals surface area contributed by atoms with Gasteiger partial charge >= 0.3 is 0 Å². The van der Waals surface area contributed by atoms with E-state index in [1.165, 1.54) is 25.7 Å². The molecule has 0 bridgehead atoms. The number of hydrogen-bond acceptors (Lipinski definition) is 3. The predicted molar refractivity (Wildman–Crippen MR) is 94.7 cm³/mol. The molecule has 2 saturated carbocycles. The van der Waals surface area contributed by atoms with Crippen LogP contribution in [-0.2, 0) is 0 Å². The van der Waals surface area contributed by atoms with Crippen LogP contribution in [-0.4, -0.2) is 59.3 Å². The SMILES string of the molecule is CCNC(=NCC1(O)CCCCC1)NC1CC(C)N(C2CC2)C1. The lowest BCUT2D eigenvalue weighted by atomic mass is 9.85. The number of nitrogens with zero attached hydrogens (tertiary/aromatic N) is 2. The molecule has 3 aliphatic rings. The molecule has 0 aromatic rings. The first-order valence-corrected chi connectivity index (χ1v) is 9.62. The van der Waals surface area contributed by atoms with Crippen LogP contribution in [0.15, 0.2) is 4.99 Å². The summed E-state index contributed by atoms with van der Waals surface area (Å²) in [6.45, 7) is 6.95. The van der Waals surface area contributed by atoms with Gasteiger partial charge in [0.2, 0.25) is 0 Å². The van der Waals surface area contributed by atoms with Gasteiger partial charge < -0.3 is 15.7 Å². The lowest BCUT2D eigenvalue weighted by Gasteiger charge is -2.30. The molecule has 2 atom stereocenters. The second-order valence-corrected chi connectivity index (χ2v) is 7.83. The number of aliphatic imine (C=N–C) groups is 1. The van der Waals surface area contributed by atoms with Gasteiger partial charge in [-0.2, -0.15) is 0 Å². The van der Waals surface area contributed by atoms with Gasteiger partial charge in [-0.15, -0.1) is 0 Å². The molecule has 5 nitrogen and oxygen atoms in total. The first-order valence-electron chi connectivity index (χ1n) is 9.62. The van der Waals surface area contributed by atoms with E-state index in [0.717, 1.165) is 50.8 Å². The molecular formula is C18H34N4O. The molecule has 0 aromatic heterocycles. The third-order valence-electron chi connectivity index (χ3n) is 5.64. The molecule has 3 fully saturated rings. The Morgan fingerprint density at radius 1 is 1.26 bits per heavy atom. The van der Waals surface area contributed by atoms with Gasteiger partial charge in [-0.25, -0.2) is 0 Å². The monoisotopic (exact) mass is 322 g/mol. The molecule has 1 aliphatic heterocycles. The maximum Gasteiger partial charge on any atom is 0.191 e. The van der Waals surface area contributed by atoms with Crippen LogP contribution < -0.4 is 10.6 Å². The predicted octanol–water partition coefficient (Wildman–Crippen LogP) is 1.86. The Kier molecular flexibility index (Phi) is 5.47. The number of nitrogens with one attached hydrogen (secondary N) is 2. The zero-order chi connectivity index (χ0) is 16.3. The van der Waals surface area contributed by atoms with Crippen LogP contribution in [0.1, 0.15) is 65.2 Å². The fourth-order valence-corrected chi connectivity index (χ4v) is 4.18. The van der Waals surface area contributed by atoms with Crippen LogP contribution >= 0.6 is 0 Å². The van der Waals surface area contributed by atoms with Gasteiger partial charge in [-0.3, -0.25) is 9.89 Å². The van der Waals surface area contributed by atoms with Crippen molar-refractivity contribution in [3.8, 4) is 0 Å². The second kappa shape index (κ2) is 7.39. The fraction of sp³-hybridized carbons (Fsp3) is 0.944. The van der Waals surface area contributed by atoms with Crippen molar-refractivity contribution in [1.29, 1.82) is 0 Å². The maximum atomic E-state index is 10.6. The Balaban J connectivity index is 1.54. The first kappa shape index (κ1) is 17.0. The minimum absolute atomic E-state index is 0.476. The Labute approximate surface area is 140 Å². The van der Waals surface area contributed by atoms with Crippen molar-refractivity contribution in [3.05, 3.63) is 0 Å². The van der Waals surface area contributed by atoms with Crippen LogP contribution in [0, 0.1) is 0 Å². The Bertz CT molecular complexity index is 415. The van der Waals surface area contributed by atoms with E-state index in [-0.39, 0.29) is 0 Å². The third-order valence-corrected chi connectivity index (χ3v) is 5.64. The molecule has 3 rings (SSSR count). The van der Waals surface area contributed by atoms with Crippen molar-refractivity contribution in [1.82, 2.24) is 15.5 Å². The lowest BCUT2D eigenvalue weighted by molar-refractivity contribution is 0.0131. The summed E-state index contributed by atoms with van der Waals surface area (Å²) in [6.07, 6.45) is 9.24. The average molecular weight is 322 g/mol. The van der Waals surface area contributed by atoms with Crippen molar-refractivity contribution in [3.63, 3.8) is 0 Å². The molecule has 2 unspecified atom stereocenters. The zero-order valence-corrected chi connectivity index (χ0v) is 14.9. The van der Waals surface area contributed by atoms with Crippen LogP contribution in [0.5, 0.6) is 0 Å². The van der Waals surface area contributed by atoms with E-state index >= 15 is 0 Å². The normalized spacial score (nSPS) is 32.0. The topological polar surface area (TPSA) is 59.9 Å². The summed E-state index contributed by atoms with van der Waals surface area (Å²) in [6, 6.07) is 1.98. The smallest absolute Gasteiger partial charge is 0.191 e. The highest BCUT2D eigenvalue weighted by atomic mass is 16.3. The van der Waals surface area contributed by atoms with E-state index in [0.29, 0.717) is 18.6 Å². The van der Waals surface area contributed by atoms with Gasteiger partial charge in [-0.05, 0) is 46.0 Å². The third kappa shape index (κ3) is 4.60. The molecule has 2 aliphatic carbocycles. The maximum absolute atomic E-state index is 10.6. The van der Waals surface area contributed by atoms with Crippen LogP contribution in [0.25, 0.3) is 0 Å². The summed E-state index contributed by atoms with van der Waals surface area (Å²) in [5, 5.41) is 17.6. The Morgan fingerprint density at radius 3 is 2.65 bits per heavy atom. The summed E-state index contributed by atoms with van der Waals surface area (Å²) in [4.78, 5) is 7.36. The molecule has 3 N–H and O–H groups in total. The summed E-state index contributed by atoms with van der Waals surface area (Å²) < 4.78 is 0. The largest absolute Gasteiger partial charge is 0.388 e. The minimum Gasteiger partial charge on any atom is -0.388 e. The zero-order valence-electron chi connectivity index (χ0n) is 14.9. The van der Waals surface area contributed by atoms with E-state index in [2.05, 4.69) is 29.4 Å². The average Bonchev–Trinajstić information content (AvgIpc) is 3.30. The second-order valence-electron chi connectivity index (χ2n) is 7.83. The number of likely N-dealkylation sites (tertiary alicyclic amines) is 1. The molecule has 132 valence electrons. The van der Waals surface area contributed by atoms with Crippen LogP contribution in [0.2, 0.25) is 0 Å². The standard InChI is InChI=1S/C18H34N4O/c1-3-19-17(20-13-18(23)9-5-4-6-10-18)21-15-11-14(2)22(12-15)16-7-8-16/h14-16,23H,3-13H2,1-2H3,(H2,19,20,21). The van der Waals surface area contributed by atoms with Gasteiger partial charge in [0.15, 0.2) is 5.96 Å². The van der Waals surface area contributed by atoms with Crippen LogP contribution in [0.3, 0.4) is 0 Å². The van der Waals surface area contributed by atoms with E-state index in [1.807, 2.05) is 0 Å². The van der Waals surface area contributed by atoms with Gasteiger partial charge in [0.1, 0.15) is 0 Å². The Hall–Kier alpha value is -0.810. The van der Waals surface area contributed by atoms with E-state index in [9.17, 15) is 5.11 Å². The molecule has 5 heteroatoms. The molecule has 0 radical (unpaired) electrons. The van der Waals surface area contributed by atoms with Gasteiger partial charge in [0, 0.05) is 31.2 Å².